The first kappa shape index (κ1) is 31.8. The quantitative estimate of drug-likeness (QED) is 0.489. The maximum atomic E-state index is 13.7. The van der Waals surface area contributed by atoms with Crippen LogP contribution >= 0.6 is 23.4 Å². The van der Waals surface area contributed by atoms with Crippen LogP contribution in [-0.2, 0) is 0 Å². The first-order chi connectivity index (χ1) is 17.9. The van der Waals surface area contributed by atoms with Gasteiger partial charge in [-0.25, -0.2) is 9.07 Å². The van der Waals surface area contributed by atoms with Crippen molar-refractivity contribution in [2.24, 2.45) is 4.99 Å². The minimum Gasteiger partial charge on any atom is -0.660 e. The second-order valence-electron chi connectivity index (χ2n) is 9.30. The van der Waals surface area contributed by atoms with E-state index >= 15 is 0 Å². The van der Waals surface area contributed by atoms with E-state index in [-0.39, 0.29) is 51.4 Å². The number of aryl methyl sites for hydroxylation is 1. The molecule has 1 aromatic carbocycles. The number of benzene rings is 1. The van der Waals surface area contributed by atoms with Crippen molar-refractivity contribution in [3.63, 3.8) is 0 Å². The fourth-order valence-electron chi connectivity index (χ4n) is 4.75. The Morgan fingerprint density at radius 1 is 1.29 bits per heavy atom. The van der Waals surface area contributed by atoms with E-state index in [9.17, 15) is 4.39 Å². The Morgan fingerprint density at radius 3 is 2.66 bits per heavy atom. The van der Waals surface area contributed by atoms with Gasteiger partial charge in [0.05, 0.1) is 12.2 Å². The van der Waals surface area contributed by atoms with Gasteiger partial charge in [-0.2, -0.15) is 5.10 Å². The monoisotopic (exact) mass is 580 g/mol. The third kappa shape index (κ3) is 8.14. The molecule has 2 unspecified atom stereocenters. The van der Waals surface area contributed by atoms with Crippen molar-refractivity contribution < 1.29 is 55.8 Å². The molecule has 0 radical (unpaired) electrons. The summed E-state index contributed by atoms with van der Waals surface area (Å²) < 4.78 is 15.1. The number of thioether (sulfide) groups is 1. The molecule has 1 aromatic heterocycles. The van der Waals surface area contributed by atoms with Crippen LogP contribution in [0, 0.1) is 6.92 Å². The van der Waals surface area contributed by atoms with Gasteiger partial charge in [-0.15, -0.1) is 13.1 Å². The van der Waals surface area contributed by atoms with Crippen molar-refractivity contribution >= 4 is 34.8 Å². The van der Waals surface area contributed by atoms with Crippen molar-refractivity contribution in [3.05, 3.63) is 86.8 Å². The molecule has 5 rings (SSSR count). The van der Waals surface area contributed by atoms with Gasteiger partial charge in [0.25, 0.3) is 0 Å². The van der Waals surface area contributed by atoms with Crippen LogP contribution in [-0.4, -0.2) is 70.7 Å². The number of amidine groups is 1. The van der Waals surface area contributed by atoms with Crippen LogP contribution in [0.3, 0.4) is 0 Å². The van der Waals surface area contributed by atoms with Crippen LogP contribution in [0.4, 0.5) is 4.39 Å². The molecular weight excluding hydrogens is 546 g/mol. The molecule has 6 nitrogen and oxygen atoms in total. The average Bonchev–Trinajstić information content (AvgIpc) is 3.56. The maximum absolute atomic E-state index is 13.7. The summed E-state index contributed by atoms with van der Waals surface area (Å²) in [5.74, 6) is 0.953. The van der Waals surface area contributed by atoms with E-state index in [4.69, 9.17) is 16.6 Å². The van der Waals surface area contributed by atoms with E-state index in [2.05, 4.69) is 26.8 Å². The number of aliphatic imine (C=N–C) groups is 1. The predicted octanol–water partition coefficient (Wildman–Crippen LogP) is 3.69. The largest absolute Gasteiger partial charge is 1.00 e. The zero-order valence-corrected chi connectivity index (χ0v) is 27.5. The fourth-order valence-corrected chi connectivity index (χ4v) is 5.58. The summed E-state index contributed by atoms with van der Waals surface area (Å²) in [4.78, 5) is 10.7. The molecule has 2 saturated heterocycles. The number of allylic oxidation sites excluding steroid dienone is 1. The SMILES string of the molecule is C=C(S/C=C\C)C1=NCC(c2ccn(C(C)F)n2)=C2CC(N3CC[N-]CC3)CN12.Cc1cccc(Cl)c1.[K+]. The van der Waals surface area contributed by atoms with Gasteiger partial charge >= 0.3 is 51.4 Å². The first-order valence-corrected chi connectivity index (χ1v) is 13.9. The van der Waals surface area contributed by atoms with Crippen LogP contribution < -0.4 is 51.4 Å². The Morgan fingerprint density at radius 2 is 2.05 bits per heavy atom. The number of nitrogens with zero attached hydrogens (tertiary/aromatic N) is 6. The first-order valence-electron chi connectivity index (χ1n) is 12.7. The normalized spacial score (nSPS) is 20.4. The standard InChI is InChI=1S/C21H28FN6S.C7H7Cl.K/c1-4-11-29-15(2)21-24-13-18(19-5-8-28(25-19)16(3)22)20-12-17(14-27(20)21)26-9-6-23-7-10-26;1-6-3-2-4-7(8)5-6;/h4-5,8,11,16-17H,2,6-7,9-10,12-14H2,1,3H3;2-5H,1H3;/q-1;;+1/b11-4-;;. The summed E-state index contributed by atoms with van der Waals surface area (Å²) in [6.45, 7) is 15.1. The Bertz CT molecular complexity index is 1170. The number of hydrogen-bond donors (Lipinski definition) is 0. The van der Waals surface area contributed by atoms with Gasteiger partial charge in [-0.1, -0.05) is 48.2 Å². The van der Waals surface area contributed by atoms with Gasteiger partial charge in [-0.3, -0.25) is 4.99 Å². The van der Waals surface area contributed by atoms with E-state index in [1.54, 1.807) is 18.0 Å². The van der Waals surface area contributed by atoms with Gasteiger partial charge < -0.3 is 15.1 Å². The number of fused-ring (bicyclic) bond motifs is 1. The minimum atomic E-state index is -1.14. The number of alkyl halides is 1. The number of piperazine rings is 1. The van der Waals surface area contributed by atoms with E-state index in [1.807, 2.05) is 55.7 Å². The zero-order chi connectivity index (χ0) is 26.4. The molecule has 3 aliphatic rings. The molecule has 0 bridgehead atoms. The molecule has 4 heterocycles. The molecule has 2 fully saturated rings. The van der Waals surface area contributed by atoms with E-state index in [0.717, 1.165) is 66.2 Å². The molecule has 0 N–H and O–H groups in total. The van der Waals surface area contributed by atoms with Crippen LogP contribution in [0.1, 0.15) is 37.8 Å². The molecular formula is C28H35ClFKN6S. The summed E-state index contributed by atoms with van der Waals surface area (Å²) in [7, 11) is 0. The summed E-state index contributed by atoms with van der Waals surface area (Å²) >= 11 is 7.25. The van der Waals surface area contributed by atoms with Gasteiger partial charge in [0.2, 0.25) is 0 Å². The maximum Gasteiger partial charge on any atom is 1.00 e. The van der Waals surface area contributed by atoms with Crippen molar-refractivity contribution in [3.8, 4) is 0 Å². The minimum absolute atomic E-state index is 0. The molecule has 0 saturated carbocycles. The topological polar surface area (TPSA) is 50.8 Å². The Balaban J connectivity index is 0.000000382. The van der Waals surface area contributed by atoms with Crippen molar-refractivity contribution in [2.75, 3.05) is 39.3 Å². The van der Waals surface area contributed by atoms with Crippen LogP contribution in [0.25, 0.3) is 10.9 Å². The van der Waals surface area contributed by atoms with E-state index in [0.29, 0.717) is 12.6 Å². The molecule has 0 spiro atoms. The number of hydrogen-bond acceptors (Lipinski definition) is 5. The third-order valence-corrected chi connectivity index (χ3v) is 7.71. The summed E-state index contributed by atoms with van der Waals surface area (Å²) in [6.07, 6.45) is 3.53. The van der Waals surface area contributed by atoms with Gasteiger partial charge in [0, 0.05) is 46.4 Å². The molecule has 0 amide bonds. The van der Waals surface area contributed by atoms with Gasteiger partial charge in [-0.05, 0) is 63.0 Å². The zero-order valence-electron chi connectivity index (χ0n) is 22.8. The summed E-state index contributed by atoms with van der Waals surface area (Å²) in [5.41, 5.74) is 4.37. The number of halogens is 2. The number of aromatic nitrogens is 2. The molecule has 38 heavy (non-hydrogen) atoms. The summed E-state index contributed by atoms with van der Waals surface area (Å²) in [6, 6.07) is 10.1. The molecule has 10 heteroatoms. The average molecular weight is 581 g/mol. The molecule has 198 valence electrons. The Kier molecular flexibility index (Phi) is 12.8. The molecule has 2 aromatic rings. The van der Waals surface area contributed by atoms with Gasteiger partial charge in [0.1, 0.15) is 5.84 Å². The molecule has 0 aliphatic carbocycles. The number of rotatable bonds is 6. The molecule has 3 aliphatic heterocycles. The van der Waals surface area contributed by atoms with Crippen LogP contribution in [0.2, 0.25) is 5.02 Å². The van der Waals surface area contributed by atoms with E-state index in [1.165, 1.54) is 22.9 Å². The third-order valence-electron chi connectivity index (χ3n) is 6.60. The van der Waals surface area contributed by atoms with Crippen molar-refractivity contribution in [1.82, 2.24) is 19.6 Å². The fraction of sp³-hybridized carbons (Fsp3) is 0.429. The second-order valence-corrected chi connectivity index (χ2v) is 10.7. The van der Waals surface area contributed by atoms with Gasteiger partial charge in [0.15, 0.2) is 6.30 Å². The van der Waals surface area contributed by atoms with Crippen LogP contribution in [0.15, 0.2) is 70.2 Å². The second kappa shape index (κ2) is 15.3. The van der Waals surface area contributed by atoms with Crippen LogP contribution in [0.5, 0.6) is 0 Å². The Labute approximate surface area is 277 Å². The molecule has 2 atom stereocenters. The Hall–Kier alpha value is -0.754. The predicted molar refractivity (Wildman–Crippen MR) is 155 cm³/mol. The summed E-state index contributed by atoms with van der Waals surface area (Å²) in [5, 5.41) is 11.8. The van der Waals surface area contributed by atoms with E-state index < -0.39 is 6.30 Å². The smallest absolute Gasteiger partial charge is 0.660 e. The van der Waals surface area contributed by atoms with Crippen molar-refractivity contribution in [1.29, 1.82) is 0 Å². The van der Waals surface area contributed by atoms with Crippen molar-refractivity contribution in [2.45, 2.75) is 39.5 Å².